The van der Waals surface area contributed by atoms with Crippen molar-refractivity contribution in [3.63, 3.8) is 0 Å². The summed E-state index contributed by atoms with van der Waals surface area (Å²) in [4.78, 5) is 37.4. The summed E-state index contributed by atoms with van der Waals surface area (Å²) in [7, 11) is 0. The normalized spacial score (nSPS) is 16.5. The smallest absolute Gasteiger partial charge is 0.242 e. The molecule has 1 amide bonds. The minimum atomic E-state index is 0.111. The molecule has 0 aromatic carbocycles. The van der Waals surface area contributed by atoms with Crippen LogP contribution in [0.1, 0.15) is 0 Å². The van der Waals surface area contributed by atoms with Crippen molar-refractivity contribution in [1.29, 1.82) is 0 Å². The molecule has 0 radical (unpaired) electrons. The predicted molar refractivity (Wildman–Crippen MR) is 137 cm³/mol. The highest BCUT2D eigenvalue weighted by molar-refractivity contribution is 5.81. The SMILES string of the molecule is O=C(Cn1ccc2cccnc21)N1CCN(c2ccncc2-c2cnc(N3CCOCC3)nc2)CC1. The minimum Gasteiger partial charge on any atom is -0.378 e. The van der Waals surface area contributed by atoms with Gasteiger partial charge in [0.1, 0.15) is 12.2 Å². The van der Waals surface area contributed by atoms with Gasteiger partial charge in [0.05, 0.1) is 13.2 Å². The zero-order chi connectivity index (χ0) is 24.3. The lowest BCUT2D eigenvalue weighted by Gasteiger charge is -2.37. The van der Waals surface area contributed by atoms with Gasteiger partial charge in [-0.2, -0.15) is 0 Å². The Kier molecular flexibility index (Phi) is 6.17. The van der Waals surface area contributed by atoms with E-state index in [0.29, 0.717) is 32.8 Å². The third-order valence-electron chi connectivity index (χ3n) is 6.84. The number of fused-ring (bicyclic) bond motifs is 1. The van der Waals surface area contributed by atoms with E-state index in [1.54, 1.807) is 6.20 Å². The fourth-order valence-electron chi connectivity index (χ4n) is 4.86. The number of ether oxygens (including phenoxy) is 1. The van der Waals surface area contributed by atoms with Crippen LogP contribution in [-0.2, 0) is 16.1 Å². The zero-order valence-electron chi connectivity index (χ0n) is 20.0. The van der Waals surface area contributed by atoms with Crippen molar-refractivity contribution in [3.8, 4) is 11.1 Å². The van der Waals surface area contributed by atoms with E-state index in [9.17, 15) is 4.79 Å². The third kappa shape index (κ3) is 4.47. The lowest BCUT2D eigenvalue weighted by atomic mass is 10.1. The summed E-state index contributed by atoms with van der Waals surface area (Å²) in [5.74, 6) is 0.838. The number of rotatable bonds is 5. The van der Waals surface area contributed by atoms with Crippen molar-refractivity contribution in [2.75, 3.05) is 62.3 Å². The summed E-state index contributed by atoms with van der Waals surface area (Å²) < 4.78 is 7.35. The molecule has 4 aromatic heterocycles. The van der Waals surface area contributed by atoms with Crippen LogP contribution in [-0.4, -0.2) is 87.8 Å². The van der Waals surface area contributed by atoms with Crippen molar-refractivity contribution >= 4 is 28.6 Å². The first kappa shape index (κ1) is 22.4. The van der Waals surface area contributed by atoms with Gasteiger partial charge in [0.15, 0.2) is 0 Å². The Balaban J connectivity index is 1.12. The van der Waals surface area contributed by atoms with Gasteiger partial charge in [-0.05, 0) is 24.3 Å². The number of pyridine rings is 2. The highest BCUT2D eigenvalue weighted by Gasteiger charge is 2.24. The molecule has 0 spiro atoms. The number of nitrogens with zero attached hydrogens (tertiary/aromatic N) is 8. The molecule has 2 aliphatic rings. The second kappa shape index (κ2) is 9.90. The Bertz CT molecular complexity index is 1340. The van der Waals surface area contributed by atoms with Crippen molar-refractivity contribution in [2.45, 2.75) is 6.54 Å². The molecule has 36 heavy (non-hydrogen) atoms. The summed E-state index contributed by atoms with van der Waals surface area (Å²) in [5.41, 5.74) is 3.85. The van der Waals surface area contributed by atoms with Crippen LogP contribution in [0.2, 0.25) is 0 Å². The molecule has 184 valence electrons. The summed E-state index contributed by atoms with van der Waals surface area (Å²) >= 11 is 0. The largest absolute Gasteiger partial charge is 0.378 e. The molecule has 2 saturated heterocycles. The van der Waals surface area contributed by atoms with Crippen LogP contribution in [0.5, 0.6) is 0 Å². The molecule has 6 rings (SSSR count). The Morgan fingerprint density at radius 2 is 1.67 bits per heavy atom. The van der Waals surface area contributed by atoms with E-state index in [1.165, 1.54) is 0 Å². The van der Waals surface area contributed by atoms with E-state index in [1.807, 2.05) is 64.7 Å². The van der Waals surface area contributed by atoms with Crippen molar-refractivity contribution in [2.24, 2.45) is 0 Å². The minimum absolute atomic E-state index is 0.111. The molecule has 0 atom stereocenters. The lowest BCUT2D eigenvalue weighted by Crippen LogP contribution is -2.49. The van der Waals surface area contributed by atoms with E-state index < -0.39 is 0 Å². The monoisotopic (exact) mass is 484 g/mol. The van der Waals surface area contributed by atoms with Gasteiger partial charge in [-0.1, -0.05) is 0 Å². The third-order valence-corrected chi connectivity index (χ3v) is 6.84. The Hall–Kier alpha value is -4.05. The van der Waals surface area contributed by atoms with Crippen LogP contribution in [0.15, 0.2) is 61.4 Å². The number of hydrogen-bond donors (Lipinski definition) is 0. The molecule has 0 aliphatic carbocycles. The second-order valence-corrected chi connectivity index (χ2v) is 8.99. The summed E-state index contributed by atoms with van der Waals surface area (Å²) in [5, 5.41) is 1.04. The summed E-state index contributed by atoms with van der Waals surface area (Å²) in [6.45, 7) is 6.14. The van der Waals surface area contributed by atoms with Crippen LogP contribution in [0.4, 0.5) is 11.6 Å². The molecule has 4 aromatic rings. The van der Waals surface area contributed by atoms with E-state index in [4.69, 9.17) is 4.74 Å². The first-order chi connectivity index (χ1) is 17.8. The van der Waals surface area contributed by atoms with Gasteiger partial charge < -0.3 is 24.0 Å². The van der Waals surface area contributed by atoms with E-state index in [0.717, 1.165) is 60.0 Å². The van der Waals surface area contributed by atoms with Crippen molar-refractivity contribution in [3.05, 3.63) is 61.4 Å². The Labute approximate surface area is 209 Å². The Morgan fingerprint density at radius 1 is 0.861 bits per heavy atom. The second-order valence-electron chi connectivity index (χ2n) is 8.99. The molecule has 0 N–H and O–H groups in total. The molecule has 0 unspecified atom stereocenters. The van der Waals surface area contributed by atoms with E-state index in [-0.39, 0.29) is 5.91 Å². The van der Waals surface area contributed by atoms with Gasteiger partial charge in [0.2, 0.25) is 11.9 Å². The quantitative estimate of drug-likeness (QED) is 0.425. The lowest BCUT2D eigenvalue weighted by molar-refractivity contribution is -0.132. The van der Waals surface area contributed by atoms with Gasteiger partial charge in [-0.15, -0.1) is 0 Å². The summed E-state index contributed by atoms with van der Waals surface area (Å²) in [6, 6.07) is 7.94. The Morgan fingerprint density at radius 3 is 2.47 bits per heavy atom. The maximum atomic E-state index is 13.0. The number of anilines is 2. The summed E-state index contributed by atoms with van der Waals surface area (Å²) in [6.07, 6.45) is 11.1. The van der Waals surface area contributed by atoms with Crippen molar-refractivity contribution in [1.82, 2.24) is 29.4 Å². The number of morpholine rings is 1. The molecule has 2 fully saturated rings. The molecule has 2 aliphatic heterocycles. The molecule has 6 heterocycles. The van der Waals surface area contributed by atoms with E-state index >= 15 is 0 Å². The average molecular weight is 485 g/mol. The molecule has 0 bridgehead atoms. The predicted octanol–water partition coefficient (Wildman–Crippen LogP) is 2.07. The maximum absolute atomic E-state index is 13.0. The van der Waals surface area contributed by atoms with Crippen LogP contribution < -0.4 is 9.80 Å². The number of amides is 1. The average Bonchev–Trinajstić information content (AvgIpc) is 3.36. The standard InChI is InChI=1S/C26H28N8O2/c35-24(19-34-7-4-20-2-1-5-28-25(20)34)32-10-8-31(9-11-32)23-3-6-27-18-22(23)21-16-29-26(30-17-21)33-12-14-36-15-13-33/h1-7,16-18H,8-15,19H2. The maximum Gasteiger partial charge on any atom is 0.242 e. The fraction of sp³-hybridized carbons (Fsp3) is 0.346. The highest BCUT2D eigenvalue weighted by atomic mass is 16.5. The van der Waals surface area contributed by atoms with Crippen LogP contribution in [0.3, 0.4) is 0 Å². The molecular formula is C26H28N8O2. The number of piperazine rings is 1. The molecule has 10 nitrogen and oxygen atoms in total. The van der Waals surface area contributed by atoms with E-state index in [2.05, 4.69) is 29.7 Å². The number of carbonyl (C=O) groups excluding carboxylic acids is 1. The number of hydrogen-bond acceptors (Lipinski definition) is 8. The van der Waals surface area contributed by atoms with Gasteiger partial charge in [0.25, 0.3) is 0 Å². The number of carbonyl (C=O) groups is 1. The van der Waals surface area contributed by atoms with Crippen LogP contribution >= 0.6 is 0 Å². The van der Waals surface area contributed by atoms with Crippen molar-refractivity contribution < 1.29 is 9.53 Å². The highest BCUT2D eigenvalue weighted by Crippen LogP contribution is 2.30. The molecule has 0 saturated carbocycles. The van der Waals surface area contributed by atoms with Crippen LogP contribution in [0, 0.1) is 0 Å². The van der Waals surface area contributed by atoms with Gasteiger partial charge in [-0.3, -0.25) is 9.78 Å². The molecule has 10 heteroatoms. The number of aromatic nitrogens is 5. The van der Waals surface area contributed by atoms with Gasteiger partial charge in [-0.25, -0.2) is 15.0 Å². The first-order valence-corrected chi connectivity index (χ1v) is 12.3. The first-order valence-electron chi connectivity index (χ1n) is 12.3. The molecular weight excluding hydrogens is 456 g/mol. The topological polar surface area (TPSA) is 92.5 Å². The zero-order valence-corrected chi connectivity index (χ0v) is 20.0. The van der Waals surface area contributed by atoms with Gasteiger partial charge in [0, 0.05) is 98.7 Å². The fourth-order valence-corrected chi connectivity index (χ4v) is 4.86. The van der Waals surface area contributed by atoms with Crippen LogP contribution in [0.25, 0.3) is 22.2 Å². The van der Waals surface area contributed by atoms with Gasteiger partial charge >= 0.3 is 0 Å².